The molecule has 1 aromatic carbocycles. The maximum atomic E-state index is 12.8. The molecule has 150 valence electrons. The Morgan fingerprint density at radius 2 is 1.82 bits per heavy atom. The van der Waals surface area contributed by atoms with Crippen molar-refractivity contribution in [2.45, 2.75) is 23.0 Å². The summed E-state index contributed by atoms with van der Waals surface area (Å²) in [5.74, 6) is -0.263. The van der Waals surface area contributed by atoms with Crippen LogP contribution < -0.4 is 4.74 Å². The Morgan fingerprint density at radius 1 is 1.18 bits per heavy atom. The van der Waals surface area contributed by atoms with E-state index in [4.69, 9.17) is 4.74 Å². The molecular formula is C18H21N3O5S2. The van der Waals surface area contributed by atoms with Crippen LogP contribution in [0.5, 0.6) is 6.01 Å². The van der Waals surface area contributed by atoms with E-state index in [-0.39, 0.29) is 42.3 Å². The summed E-state index contributed by atoms with van der Waals surface area (Å²) in [5, 5.41) is 0. The fourth-order valence-corrected chi connectivity index (χ4v) is 7.97. The van der Waals surface area contributed by atoms with Gasteiger partial charge in [0.2, 0.25) is 10.0 Å². The Hall–Kier alpha value is -2.04. The number of hydrogen-bond donors (Lipinski definition) is 0. The predicted octanol–water partition coefficient (Wildman–Crippen LogP) is 1.04. The number of aryl methyl sites for hydroxylation is 1. The van der Waals surface area contributed by atoms with Crippen molar-refractivity contribution in [2.24, 2.45) is 5.92 Å². The molecule has 2 aliphatic rings. The summed E-state index contributed by atoms with van der Waals surface area (Å²) in [6.45, 7) is 1.92. The highest BCUT2D eigenvalue weighted by Crippen LogP contribution is 2.46. The normalized spacial score (nSPS) is 23.4. The molecule has 0 aliphatic carbocycles. The van der Waals surface area contributed by atoms with Crippen LogP contribution in [-0.4, -0.2) is 61.3 Å². The Bertz CT molecular complexity index is 1060. The summed E-state index contributed by atoms with van der Waals surface area (Å²) in [7, 11) is -7.13. The average Bonchev–Trinajstić information content (AvgIpc) is 2.90. The van der Waals surface area contributed by atoms with Crippen LogP contribution in [0, 0.1) is 12.8 Å². The molecule has 1 aromatic heterocycles. The molecule has 28 heavy (non-hydrogen) atoms. The van der Waals surface area contributed by atoms with Crippen LogP contribution in [0.15, 0.2) is 47.6 Å². The number of sulfonamides is 1. The van der Waals surface area contributed by atoms with Crippen molar-refractivity contribution < 1.29 is 21.6 Å². The predicted molar refractivity (Wildman–Crippen MR) is 102 cm³/mol. The zero-order chi connectivity index (χ0) is 20.0. The summed E-state index contributed by atoms with van der Waals surface area (Å²) in [4.78, 5) is 8.13. The molecule has 0 bridgehead atoms. The standard InChI is InChI=1S/C18H21N3O5S2/c1-14-3-5-16(6-4-14)28(24,25)21-12-18(13-21)15(7-10-27(18,22)23)11-26-17-19-8-2-9-20-17/h2-6,8-9,15H,7,10-13H2,1H3/t15-/m1/s1. The highest BCUT2D eigenvalue weighted by Gasteiger charge is 2.64. The van der Waals surface area contributed by atoms with Gasteiger partial charge < -0.3 is 4.74 Å². The molecule has 1 spiro atoms. The molecule has 8 nitrogen and oxygen atoms in total. The maximum Gasteiger partial charge on any atom is 0.316 e. The highest BCUT2D eigenvalue weighted by molar-refractivity contribution is 7.93. The molecule has 0 unspecified atom stereocenters. The molecule has 0 saturated carbocycles. The summed E-state index contributed by atoms with van der Waals surface area (Å²) < 4.78 is 56.9. The zero-order valence-corrected chi connectivity index (χ0v) is 17.0. The lowest BCUT2D eigenvalue weighted by Crippen LogP contribution is -2.68. The van der Waals surface area contributed by atoms with E-state index in [9.17, 15) is 16.8 Å². The lowest BCUT2D eigenvalue weighted by atomic mass is 9.85. The minimum absolute atomic E-state index is 0.0368. The van der Waals surface area contributed by atoms with Gasteiger partial charge in [-0.1, -0.05) is 17.7 Å². The van der Waals surface area contributed by atoms with E-state index in [1.807, 2.05) is 6.92 Å². The SMILES string of the molecule is Cc1ccc(S(=O)(=O)N2CC3(C2)[C@@H](COc2ncccn2)CCS3(=O)=O)cc1. The van der Waals surface area contributed by atoms with Crippen molar-refractivity contribution in [1.29, 1.82) is 0 Å². The second-order valence-corrected chi connectivity index (χ2v) is 11.7. The van der Waals surface area contributed by atoms with Gasteiger partial charge in [0.05, 0.1) is 17.3 Å². The van der Waals surface area contributed by atoms with Crippen LogP contribution in [0.2, 0.25) is 0 Å². The zero-order valence-electron chi connectivity index (χ0n) is 15.4. The largest absolute Gasteiger partial charge is 0.463 e. The average molecular weight is 424 g/mol. The van der Waals surface area contributed by atoms with Gasteiger partial charge in [-0.15, -0.1) is 0 Å². The van der Waals surface area contributed by atoms with Crippen LogP contribution in [-0.2, 0) is 19.9 Å². The maximum absolute atomic E-state index is 12.8. The topological polar surface area (TPSA) is 107 Å². The lowest BCUT2D eigenvalue weighted by molar-refractivity contribution is 0.121. The first kappa shape index (κ1) is 19.3. The van der Waals surface area contributed by atoms with Gasteiger partial charge in [-0.05, 0) is 31.5 Å². The third-order valence-electron chi connectivity index (χ3n) is 5.60. The highest BCUT2D eigenvalue weighted by atomic mass is 32.2. The van der Waals surface area contributed by atoms with Gasteiger partial charge in [0.1, 0.15) is 4.75 Å². The first-order chi connectivity index (χ1) is 13.2. The van der Waals surface area contributed by atoms with Gasteiger partial charge >= 0.3 is 6.01 Å². The Kier molecular flexibility index (Phi) is 4.67. The van der Waals surface area contributed by atoms with Gasteiger partial charge in [0.15, 0.2) is 9.84 Å². The van der Waals surface area contributed by atoms with Gasteiger partial charge in [-0.3, -0.25) is 0 Å². The first-order valence-electron chi connectivity index (χ1n) is 8.94. The van der Waals surface area contributed by atoms with E-state index < -0.39 is 24.6 Å². The van der Waals surface area contributed by atoms with Gasteiger partial charge in [0, 0.05) is 31.4 Å². The molecule has 0 radical (unpaired) electrons. The van der Waals surface area contributed by atoms with Gasteiger partial charge in [-0.25, -0.2) is 26.8 Å². The van der Waals surface area contributed by atoms with E-state index in [0.717, 1.165) is 5.56 Å². The van der Waals surface area contributed by atoms with Gasteiger partial charge in [-0.2, -0.15) is 4.31 Å². The number of nitrogens with zero attached hydrogens (tertiary/aromatic N) is 3. The molecule has 0 N–H and O–H groups in total. The van der Waals surface area contributed by atoms with Crippen molar-refractivity contribution in [3.63, 3.8) is 0 Å². The number of ether oxygens (including phenoxy) is 1. The van der Waals surface area contributed by atoms with Crippen molar-refractivity contribution in [1.82, 2.24) is 14.3 Å². The molecule has 1 atom stereocenters. The van der Waals surface area contributed by atoms with Crippen LogP contribution in [0.25, 0.3) is 0 Å². The third-order valence-corrected chi connectivity index (χ3v) is 10.0. The van der Waals surface area contributed by atoms with E-state index >= 15 is 0 Å². The number of benzene rings is 1. The number of hydrogen-bond acceptors (Lipinski definition) is 7. The Morgan fingerprint density at radius 3 is 2.46 bits per heavy atom. The van der Waals surface area contributed by atoms with Crippen LogP contribution >= 0.6 is 0 Å². The molecule has 0 amide bonds. The van der Waals surface area contributed by atoms with E-state index in [0.29, 0.717) is 6.42 Å². The molecule has 2 aliphatic heterocycles. The third kappa shape index (κ3) is 3.09. The monoisotopic (exact) mass is 423 g/mol. The minimum Gasteiger partial charge on any atom is -0.463 e. The van der Waals surface area contributed by atoms with E-state index in [1.165, 1.54) is 4.31 Å². The molecule has 2 saturated heterocycles. The number of aromatic nitrogens is 2. The van der Waals surface area contributed by atoms with Crippen molar-refractivity contribution in [3.8, 4) is 6.01 Å². The van der Waals surface area contributed by atoms with Gasteiger partial charge in [0.25, 0.3) is 0 Å². The fourth-order valence-electron chi connectivity index (χ4n) is 3.82. The lowest BCUT2D eigenvalue weighted by Gasteiger charge is -2.48. The number of sulfone groups is 1. The second kappa shape index (κ2) is 6.78. The quantitative estimate of drug-likeness (QED) is 0.707. The second-order valence-electron chi connectivity index (χ2n) is 7.30. The first-order valence-corrected chi connectivity index (χ1v) is 12.0. The molecule has 4 rings (SSSR count). The molecule has 2 aromatic rings. The van der Waals surface area contributed by atoms with Crippen LogP contribution in [0.1, 0.15) is 12.0 Å². The molecule has 2 fully saturated rings. The van der Waals surface area contributed by atoms with Crippen molar-refractivity contribution in [3.05, 3.63) is 48.3 Å². The minimum atomic E-state index is -3.72. The summed E-state index contributed by atoms with van der Waals surface area (Å²) in [6.07, 6.45) is 3.53. The van der Waals surface area contributed by atoms with Crippen LogP contribution in [0.3, 0.4) is 0 Å². The van der Waals surface area contributed by atoms with Crippen molar-refractivity contribution in [2.75, 3.05) is 25.4 Å². The summed E-state index contributed by atoms with van der Waals surface area (Å²) in [6, 6.07) is 8.40. The van der Waals surface area contributed by atoms with E-state index in [1.54, 1.807) is 42.7 Å². The van der Waals surface area contributed by atoms with Crippen molar-refractivity contribution >= 4 is 19.9 Å². The Balaban J connectivity index is 1.52. The summed E-state index contributed by atoms with van der Waals surface area (Å²) >= 11 is 0. The molecular weight excluding hydrogens is 402 g/mol. The number of rotatable bonds is 5. The fraction of sp³-hybridized carbons (Fsp3) is 0.444. The smallest absolute Gasteiger partial charge is 0.316 e. The summed E-state index contributed by atoms with van der Waals surface area (Å²) in [5.41, 5.74) is 0.956. The molecule has 10 heteroatoms. The molecule has 3 heterocycles. The van der Waals surface area contributed by atoms with Crippen LogP contribution in [0.4, 0.5) is 0 Å². The van der Waals surface area contributed by atoms with E-state index in [2.05, 4.69) is 9.97 Å². The Labute approximate surface area is 164 Å².